The summed E-state index contributed by atoms with van der Waals surface area (Å²) in [5, 5.41) is 6.77. The number of nitrogens with zero attached hydrogens (tertiary/aromatic N) is 1. The van der Waals surface area contributed by atoms with E-state index in [1.807, 2.05) is 12.1 Å². The van der Waals surface area contributed by atoms with Gasteiger partial charge in [-0.05, 0) is 92.1 Å². The Balaban J connectivity index is 0.00000481. The van der Waals surface area contributed by atoms with Gasteiger partial charge in [0, 0.05) is 47.9 Å². The molecule has 4 N–H and O–H groups in total. The minimum atomic E-state index is -1.29. The van der Waals surface area contributed by atoms with Gasteiger partial charge in [0.05, 0.1) is 20.3 Å². The maximum absolute atomic E-state index is 15.3. The Morgan fingerprint density at radius 3 is 2.25 bits per heavy atom. The third-order valence-corrected chi connectivity index (χ3v) is 10.1. The third kappa shape index (κ3) is 8.17. The molecule has 0 bridgehead atoms. The zero-order chi connectivity index (χ0) is 36.5. The van der Waals surface area contributed by atoms with E-state index in [0.29, 0.717) is 54.3 Å². The summed E-state index contributed by atoms with van der Waals surface area (Å²) in [6, 6.07) is 18.3. The number of carbonyl (C=O) groups excluding carboxylic acids is 3. The molecule has 0 aromatic heterocycles. The molecule has 1 spiro atoms. The summed E-state index contributed by atoms with van der Waals surface area (Å²) in [6.45, 7) is 2.73. The van der Waals surface area contributed by atoms with E-state index in [1.54, 1.807) is 25.3 Å². The fourth-order valence-corrected chi connectivity index (χ4v) is 6.80. The van der Waals surface area contributed by atoms with Crippen molar-refractivity contribution in [3.8, 4) is 23.0 Å². The molecule has 14 heteroatoms. The van der Waals surface area contributed by atoms with E-state index in [0.717, 1.165) is 43.8 Å². The first-order valence-corrected chi connectivity index (χ1v) is 17.3. The second-order valence-electron chi connectivity index (χ2n) is 13.7. The molecule has 1 unspecified atom stereocenters. The highest BCUT2D eigenvalue weighted by Crippen LogP contribution is 2.54. The van der Waals surface area contributed by atoms with Crippen molar-refractivity contribution in [1.29, 1.82) is 0 Å². The van der Waals surface area contributed by atoms with Crippen LogP contribution in [0.1, 0.15) is 32.1 Å². The quantitative estimate of drug-likeness (QED) is 0.0755. The molecule has 2 saturated carbocycles. The molecule has 1 atom stereocenters. The number of nitrogens with two attached hydrogens (primary N) is 1. The molecule has 2 amide bonds. The summed E-state index contributed by atoms with van der Waals surface area (Å²) < 4.78 is 52.0. The predicted molar refractivity (Wildman–Crippen MR) is 197 cm³/mol. The highest BCUT2D eigenvalue weighted by atomic mass is 35.5. The molecule has 280 valence electrons. The zero-order valence-electron chi connectivity index (χ0n) is 29.1. The number of nitrogens with one attached hydrogen (secondary N) is 2. The van der Waals surface area contributed by atoms with Crippen molar-refractivity contribution in [2.24, 2.45) is 16.6 Å². The lowest BCUT2D eigenvalue weighted by Gasteiger charge is -2.17. The largest absolute Gasteiger partial charge is 0.493 e. The average molecular weight is 751 g/mol. The molecule has 0 radical (unpaired) electrons. The molecule has 1 aliphatic heterocycles. The molecular formula is C39H41ClF2N4O7. The number of carbonyl (C=O) groups is 3. The van der Waals surface area contributed by atoms with Gasteiger partial charge in [-0.2, -0.15) is 0 Å². The molecule has 1 saturated heterocycles. The van der Waals surface area contributed by atoms with Gasteiger partial charge in [-0.25, -0.2) is 8.78 Å². The van der Waals surface area contributed by atoms with E-state index in [2.05, 4.69) is 15.5 Å². The number of hydrogen-bond donors (Lipinski definition) is 3. The maximum atomic E-state index is 15.3. The van der Waals surface area contributed by atoms with Crippen molar-refractivity contribution < 1.29 is 42.1 Å². The van der Waals surface area contributed by atoms with E-state index < -0.39 is 28.9 Å². The molecular weight excluding hydrogens is 710 g/mol. The Morgan fingerprint density at radius 1 is 0.868 bits per heavy atom. The normalized spacial score (nSPS) is 17.8. The molecule has 3 fully saturated rings. The third-order valence-electron chi connectivity index (χ3n) is 10.1. The fourth-order valence-electron chi connectivity index (χ4n) is 6.80. The summed E-state index contributed by atoms with van der Waals surface area (Å²) in [7, 11) is 1.55. The van der Waals surface area contributed by atoms with Crippen LogP contribution < -0.4 is 30.6 Å². The van der Waals surface area contributed by atoms with Crippen molar-refractivity contribution in [3.63, 3.8) is 0 Å². The van der Waals surface area contributed by atoms with Crippen molar-refractivity contribution in [2.75, 3.05) is 50.5 Å². The lowest BCUT2D eigenvalue weighted by molar-refractivity contribution is -0.149. The lowest BCUT2D eigenvalue weighted by atomic mass is 10.0. The molecule has 7 rings (SSSR count). The molecule has 2 aliphatic carbocycles. The molecule has 53 heavy (non-hydrogen) atoms. The highest BCUT2D eigenvalue weighted by molar-refractivity contribution is 6.16. The second-order valence-corrected chi connectivity index (χ2v) is 13.7. The number of fused-ring (bicyclic) bond motifs is 1. The van der Waals surface area contributed by atoms with Crippen LogP contribution in [0.2, 0.25) is 0 Å². The number of methoxy groups -OCH3 is 1. The number of rotatable bonds is 14. The summed E-state index contributed by atoms with van der Waals surface area (Å²) in [5.41, 5.74) is 4.77. The minimum absolute atomic E-state index is 0. The van der Waals surface area contributed by atoms with Crippen molar-refractivity contribution in [3.05, 3.63) is 84.4 Å². The molecule has 4 aromatic carbocycles. The minimum Gasteiger partial charge on any atom is -0.493 e. The Labute approximate surface area is 311 Å². The van der Waals surface area contributed by atoms with Gasteiger partial charge in [-0.3, -0.25) is 19.3 Å². The van der Waals surface area contributed by atoms with Crippen molar-refractivity contribution >= 4 is 52.3 Å². The van der Waals surface area contributed by atoms with E-state index in [1.165, 1.54) is 36.4 Å². The standard InChI is InChI=1S/C39H40F2N4O7.ClH/c1-49-32-20-28-24(18-33(32)50-17-3-16-45-22-34(52-35(46)21-42)38(23-45)12-13-38)4-2-5-30(28)51-31-11-10-27(19-29(31)41)44-37(48)39(14-15-39)36(47)43-26-8-6-25(40)7-9-26;/h2,4-11,18-20,34H,3,12-17,21-23,42H2,1H3,(H,43,47)(H,44,48);1H. The molecule has 4 aromatic rings. The Kier molecular flexibility index (Phi) is 11.1. The molecule has 3 aliphatic rings. The number of halogens is 3. The first kappa shape index (κ1) is 37.8. The molecule has 11 nitrogen and oxygen atoms in total. The van der Waals surface area contributed by atoms with Crippen molar-refractivity contribution in [2.45, 2.75) is 38.2 Å². The first-order valence-electron chi connectivity index (χ1n) is 17.3. The molecule has 1 heterocycles. The van der Waals surface area contributed by atoms with Crippen LogP contribution in [-0.4, -0.2) is 68.7 Å². The van der Waals surface area contributed by atoms with E-state index in [9.17, 15) is 18.8 Å². The Morgan fingerprint density at radius 2 is 1.58 bits per heavy atom. The van der Waals surface area contributed by atoms with E-state index >= 15 is 4.39 Å². The van der Waals surface area contributed by atoms with Gasteiger partial charge in [-0.15, -0.1) is 12.4 Å². The van der Waals surface area contributed by atoms with Crippen LogP contribution in [0.3, 0.4) is 0 Å². The lowest BCUT2D eigenvalue weighted by Crippen LogP contribution is -2.35. The number of likely N-dealkylation sites (tertiary alicyclic amines) is 1. The topological polar surface area (TPSA) is 141 Å². The van der Waals surface area contributed by atoms with E-state index in [4.69, 9.17) is 24.7 Å². The van der Waals surface area contributed by atoms with Crippen LogP contribution in [-0.2, 0) is 19.1 Å². The number of anilines is 2. The summed E-state index contributed by atoms with van der Waals surface area (Å²) in [5.74, 6) is -1.19. The number of hydrogen-bond acceptors (Lipinski definition) is 9. The summed E-state index contributed by atoms with van der Waals surface area (Å²) in [4.78, 5) is 40.1. The zero-order valence-corrected chi connectivity index (χ0v) is 29.9. The number of ether oxygens (including phenoxy) is 4. The highest BCUT2D eigenvalue weighted by Gasteiger charge is 2.57. The number of esters is 1. The number of benzene rings is 4. The SMILES string of the molecule is COc1cc2c(Oc3ccc(NC(=O)C4(C(=O)Nc5ccc(F)cc5)CC4)cc3F)cccc2cc1OCCCN1CC(OC(=O)CN)C2(CC2)C1.Cl. The fraction of sp³-hybridized carbons (Fsp3) is 0.359. The smallest absolute Gasteiger partial charge is 0.320 e. The first-order chi connectivity index (χ1) is 25.1. The van der Waals surface area contributed by atoms with Gasteiger partial charge in [0.2, 0.25) is 11.8 Å². The average Bonchev–Trinajstić information content (AvgIpc) is 4.07. The van der Waals surface area contributed by atoms with Gasteiger partial charge >= 0.3 is 5.97 Å². The Bertz CT molecular complexity index is 2010. The predicted octanol–water partition coefficient (Wildman–Crippen LogP) is 6.43. The van der Waals surface area contributed by atoms with Crippen LogP contribution in [0, 0.1) is 22.5 Å². The van der Waals surface area contributed by atoms with Gasteiger partial charge < -0.3 is 35.3 Å². The Hall–Kier alpha value is -4.98. The van der Waals surface area contributed by atoms with Crippen LogP contribution in [0.15, 0.2) is 72.8 Å². The van der Waals surface area contributed by atoms with Crippen LogP contribution in [0.4, 0.5) is 20.2 Å². The van der Waals surface area contributed by atoms with Gasteiger partial charge in [-0.1, -0.05) is 12.1 Å². The van der Waals surface area contributed by atoms with Gasteiger partial charge in [0.25, 0.3) is 0 Å². The second kappa shape index (κ2) is 15.6. The van der Waals surface area contributed by atoms with Gasteiger partial charge in [0.1, 0.15) is 23.1 Å². The van der Waals surface area contributed by atoms with E-state index in [-0.39, 0.29) is 47.9 Å². The van der Waals surface area contributed by atoms with Crippen LogP contribution in [0.25, 0.3) is 10.8 Å². The van der Waals surface area contributed by atoms with Crippen LogP contribution >= 0.6 is 12.4 Å². The summed E-state index contributed by atoms with van der Waals surface area (Å²) >= 11 is 0. The summed E-state index contributed by atoms with van der Waals surface area (Å²) in [6.07, 6.45) is 3.44. The van der Waals surface area contributed by atoms with Crippen molar-refractivity contribution in [1.82, 2.24) is 4.90 Å². The van der Waals surface area contributed by atoms with Crippen LogP contribution in [0.5, 0.6) is 23.0 Å². The maximum Gasteiger partial charge on any atom is 0.320 e. The van der Waals surface area contributed by atoms with Gasteiger partial charge in [0.15, 0.2) is 23.1 Å². The monoisotopic (exact) mass is 750 g/mol. The number of amides is 2.